The molecule has 0 aliphatic rings. The summed E-state index contributed by atoms with van der Waals surface area (Å²) in [6.07, 6.45) is 1.10. The van der Waals surface area contributed by atoms with Gasteiger partial charge in [0.25, 0.3) is 0 Å². The van der Waals surface area contributed by atoms with Crippen LogP contribution in [0.15, 0.2) is 0 Å². The van der Waals surface area contributed by atoms with E-state index in [0.717, 1.165) is 6.42 Å². The standard InChI is InChI=1S/C8H18Cl2Si/c1-4-11(2,3)6-5-8(10)7-9/h8H,4-7H2,1-3H3. The van der Waals surface area contributed by atoms with Crippen molar-refractivity contribution in [3.8, 4) is 0 Å². The Labute approximate surface area is 81.3 Å². The van der Waals surface area contributed by atoms with Gasteiger partial charge in [-0.2, -0.15) is 0 Å². The van der Waals surface area contributed by atoms with E-state index in [0.29, 0.717) is 5.88 Å². The zero-order valence-electron chi connectivity index (χ0n) is 7.66. The van der Waals surface area contributed by atoms with Crippen molar-refractivity contribution >= 4 is 31.3 Å². The largest absolute Gasteiger partial charge is 0.125 e. The minimum Gasteiger partial charge on any atom is -0.125 e. The predicted molar refractivity (Wildman–Crippen MR) is 57.7 cm³/mol. The SMILES string of the molecule is CC[Si](C)(C)CCC(Cl)CCl. The van der Waals surface area contributed by atoms with Gasteiger partial charge in [0.2, 0.25) is 0 Å². The molecule has 0 radical (unpaired) electrons. The fraction of sp³-hybridized carbons (Fsp3) is 1.00. The van der Waals surface area contributed by atoms with Crippen molar-refractivity contribution in [2.24, 2.45) is 0 Å². The van der Waals surface area contributed by atoms with Gasteiger partial charge < -0.3 is 0 Å². The molecule has 0 amide bonds. The van der Waals surface area contributed by atoms with Crippen LogP contribution in [0.25, 0.3) is 0 Å². The monoisotopic (exact) mass is 212 g/mol. The third kappa shape index (κ3) is 6.00. The Bertz CT molecular complexity index is 104. The molecule has 0 fully saturated rings. The van der Waals surface area contributed by atoms with Crippen LogP contribution in [0.1, 0.15) is 13.3 Å². The van der Waals surface area contributed by atoms with Crippen molar-refractivity contribution in [1.82, 2.24) is 0 Å². The molecule has 3 heteroatoms. The fourth-order valence-corrected chi connectivity index (χ4v) is 2.73. The van der Waals surface area contributed by atoms with Gasteiger partial charge in [0.1, 0.15) is 0 Å². The second-order valence-electron chi connectivity index (χ2n) is 3.81. The van der Waals surface area contributed by atoms with Gasteiger partial charge in [-0.05, 0) is 6.42 Å². The van der Waals surface area contributed by atoms with Crippen molar-refractivity contribution in [2.45, 2.75) is 43.9 Å². The van der Waals surface area contributed by atoms with Crippen LogP contribution in [0.3, 0.4) is 0 Å². The molecule has 0 saturated carbocycles. The Morgan fingerprint density at radius 3 is 2.27 bits per heavy atom. The van der Waals surface area contributed by atoms with Crippen LogP contribution < -0.4 is 0 Å². The first kappa shape index (κ1) is 11.8. The number of hydrogen-bond acceptors (Lipinski definition) is 0. The summed E-state index contributed by atoms with van der Waals surface area (Å²) in [5.74, 6) is 0.593. The van der Waals surface area contributed by atoms with Gasteiger partial charge in [-0.3, -0.25) is 0 Å². The maximum Gasteiger partial charge on any atom is 0.0471 e. The van der Waals surface area contributed by atoms with Gasteiger partial charge in [0.15, 0.2) is 0 Å². The maximum absolute atomic E-state index is 5.92. The Morgan fingerprint density at radius 2 is 1.91 bits per heavy atom. The van der Waals surface area contributed by atoms with E-state index in [2.05, 4.69) is 20.0 Å². The molecule has 0 aromatic rings. The van der Waals surface area contributed by atoms with Crippen molar-refractivity contribution in [1.29, 1.82) is 0 Å². The van der Waals surface area contributed by atoms with Crippen LogP contribution in [-0.4, -0.2) is 19.3 Å². The van der Waals surface area contributed by atoms with Crippen LogP contribution in [0.2, 0.25) is 25.2 Å². The third-order valence-electron chi connectivity index (χ3n) is 2.26. The minimum absolute atomic E-state index is 0.190. The van der Waals surface area contributed by atoms with E-state index in [-0.39, 0.29) is 5.38 Å². The predicted octanol–water partition coefficient (Wildman–Crippen LogP) is 3.95. The third-order valence-corrected chi connectivity index (χ3v) is 6.72. The number of halogens is 2. The van der Waals surface area contributed by atoms with Crippen molar-refractivity contribution in [3.05, 3.63) is 0 Å². The van der Waals surface area contributed by atoms with Crippen LogP contribution >= 0.6 is 23.2 Å². The lowest BCUT2D eigenvalue weighted by atomic mass is 10.4. The highest BCUT2D eigenvalue weighted by Gasteiger charge is 2.18. The highest BCUT2D eigenvalue weighted by molar-refractivity contribution is 6.77. The molecule has 0 aliphatic heterocycles. The summed E-state index contributed by atoms with van der Waals surface area (Å²) in [5.41, 5.74) is 0. The van der Waals surface area contributed by atoms with E-state index in [1.165, 1.54) is 12.1 Å². The highest BCUT2D eigenvalue weighted by atomic mass is 35.5. The van der Waals surface area contributed by atoms with E-state index < -0.39 is 8.07 Å². The molecule has 11 heavy (non-hydrogen) atoms. The van der Waals surface area contributed by atoms with Gasteiger partial charge in [-0.15, -0.1) is 23.2 Å². The lowest BCUT2D eigenvalue weighted by molar-refractivity contribution is 0.878. The fourth-order valence-electron chi connectivity index (χ4n) is 0.801. The molecule has 0 N–H and O–H groups in total. The molecule has 0 bridgehead atoms. The van der Waals surface area contributed by atoms with E-state index in [9.17, 15) is 0 Å². The summed E-state index contributed by atoms with van der Waals surface area (Å²) >= 11 is 11.5. The number of rotatable bonds is 5. The number of alkyl halides is 2. The zero-order chi connectivity index (χ0) is 8.91. The first-order valence-corrected chi connectivity index (χ1v) is 8.60. The maximum atomic E-state index is 5.92. The summed E-state index contributed by atoms with van der Waals surface area (Å²) in [7, 11) is -0.899. The second kappa shape index (κ2) is 5.44. The molecule has 0 rings (SSSR count). The molecule has 0 saturated heterocycles. The second-order valence-corrected chi connectivity index (χ2v) is 10.3. The summed E-state index contributed by atoms with van der Waals surface area (Å²) in [6.45, 7) is 7.09. The van der Waals surface area contributed by atoms with Gasteiger partial charge >= 0.3 is 0 Å². The van der Waals surface area contributed by atoms with Crippen LogP contribution in [0.4, 0.5) is 0 Å². The molecule has 0 nitrogen and oxygen atoms in total. The Kier molecular flexibility index (Phi) is 5.84. The Balaban J connectivity index is 3.52. The smallest absolute Gasteiger partial charge is 0.0471 e. The van der Waals surface area contributed by atoms with E-state index in [1.54, 1.807) is 0 Å². The molecule has 0 heterocycles. The lowest BCUT2D eigenvalue weighted by Gasteiger charge is -2.20. The molecule has 0 aromatic carbocycles. The van der Waals surface area contributed by atoms with Crippen LogP contribution in [0.5, 0.6) is 0 Å². The van der Waals surface area contributed by atoms with Crippen LogP contribution in [0, 0.1) is 0 Å². The molecular formula is C8H18Cl2Si. The molecule has 1 unspecified atom stereocenters. The van der Waals surface area contributed by atoms with E-state index >= 15 is 0 Å². The van der Waals surface area contributed by atoms with Crippen molar-refractivity contribution in [2.75, 3.05) is 5.88 Å². The summed E-state index contributed by atoms with van der Waals surface area (Å²) in [5, 5.41) is 0.190. The molecule has 0 aromatic heterocycles. The normalized spacial score (nSPS) is 15.0. The van der Waals surface area contributed by atoms with Gasteiger partial charge in [0, 0.05) is 19.3 Å². The number of hydrogen-bond donors (Lipinski definition) is 0. The minimum atomic E-state index is -0.899. The Hall–Kier alpha value is 0.797. The molecule has 0 spiro atoms. The van der Waals surface area contributed by atoms with E-state index in [1.807, 2.05) is 0 Å². The topological polar surface area (TPSA) is 0 Å². The first-order chi connectivity index (χ1) is 5.02. The highest BCUT2D eigenvalue weighted by Crippen LogP contribution is 2.20. The van der Waals surface area contributed by atoms with Gasteiger partial charge in [-0.1, -0.05) is 32.1 Å². The Morgan fingerprint density at radius 1 is 1.36 bits per heavy atom. The average Bonchev–Trinajstić information content (AvgIpc) is 2.00. The van der Waals surface area contributed by atoms with Crippen molar-refractivity contribution in [3.63, 3.8) is 0 Å². The first-order valence-electron chi connectivity index (χ1n) is 4.22. The van der Waals surface area contributed by atoms with Gasteiger partial charge in [0.05, 0.1) is 0 Å². The quantitative estimate of drug-likeness (QED) is 0.479. The van der Waals surface area contributed by atoms with E-state index in [4.69, 9.17) is 23.2 Å². The molecule has 68 valence electrons. The van der Waals surface area contributed by atoms with Gasteiger partial charge in [-0.25, -0.2) is 0 Å². The molecule has 1 atom stereocenters. The average molecular weight is 213 g/mol. The summed E-state index contributed by atoms with van der Waals surface area (Å²) < 4.78 is 0. The van der Waals surface area contributed by atoms with Crippen LogP contribution in [-0.2, 0) is 0 Å². The summed E-state index contributed by atoms with van der Waals surface area (Å²) in [6, 6.07) is 2.66. The summed E-state index contributed by atoms with van der Waals surface area (Å²) in [4.78, 5) is 0. The zero-order valence-corrected chi connectivity index (χ0v) is 10.2. The molecular weight excluding hydrogens is 195 g/mol. The molecule has 0 aliphatic carbocycles. The lowest BCUT2D eigenvalue weighted by Crippen LogP contribution is -2.24. The van der Waals surface area contributed by atoms with Crippen molar-refractivity contribution < 1.29 is 0 Å².